The molecule has 22 heavy (non-hydrogen) atoms. The first kappa shape index (κ1) is 12.9. The highest BCUT2D eigenvalue weighted by Crippen LogP contribution is 2.31. The SMILES string of the molecule is Nc1c(-c2ccc3c(c2)CCC3)nnn1-c1ccccc1O. The molecule has 0 radical (unpaired) electrons. The molecule has 5 heteroatoms. The van der Waals surface area contributed by atoms with Crippen molar-refractivity contribution >= 4 is 5.82 Å². The van der Waals surface area contributed by atoms with Gasteiger partial charge in [0.05, 0.1) is 0 Å². The van der Waals surface area contributed by atoms with Gasteiger partial charge in [-0.05, 0) is 48.6 Å². The largest absolute Gasteiger partial charge is 0.506 e. The molecule has 0 amide bonds. The minimum Gasteiger partial charge on any atom is -0.506 e. The molecular weight excluding hydrogens is 276 g/mol. The van der Waals surface area contributed by atoms with Crippen molar-refractivity contribution in [2.24, 2.45) is 0 Å². The summed E-state index contributed by atoms with van der Waals surface area (Å²) < 4.78 is 1.47. The molecule has 0 bridgehead atoms. The van der Waals surface area contributed by atoms with Crippen LogP contribution in [0.15, 0.2) is 42.5 Å². The molecule has 0 spiro atoms. The Labute approximate surface area is 128 Å². The second-order valence-electron chi connectivity index (χ2n) is 5.56. The number of nitrogens with zero attached hydrogens (tertiary/aromatic N) is 3. The molecule has 0 saturated heterocycles. The maximum Gasteiger partial charge on any atom is 0.156 e. The van der Waals surface area contributed by atoms with E-state index in [2.05, 4.69) is 22.4 Å². The monoisotopic (exact) mass is 292 g/mol. The third-order valence-electron chi connectivity index (χ3n) is 4.19. The fraction of sp³-hybridized carbons (Fsp3) is 0.176. The van der Waals surface area contributed by atoms with Crippen LogP contribution in [0.2, 0.25) is 0 Å². The molecule has 1 aliphatic rings. The molecule has 0 atom stereocenters. The molecule has 110 valence electrons. The van der Waals surface area contributed by atoms with Crippen molar-refractivity contribution < 1.29 is 5.11 Å². The van der Waals surface area contributed by atoms with E-state index in [0.717, 1.165) is 18.4 Å². The summed E-state index contributed by atoms with van der Waals surface area (Å²) in [5, 5.41) is 18.3. The van der Waals surface area contributed by atoms with Gasteiger partial charge in [0.2, 0.25) is 0 Å². The maximum atomic E-state index is 9.95. The Morgan fingerprint density at radius 3 is 2.73 bits per heavy atom. The quantitative estimate of drug-likeness (QED) is 0.761. The Kier molecular flexibility index (Phi) is 2.85. The summed E-state index contributed by atoms with van der Waals surface area (Å²) >= 11 is 0. The lowest BCUT2D eigenvalue weighted by Crippen LogP contribution is -2.02. The molecule has 3 aromatic rings. The second-order valence-corrected chi connectivity index (χ2v) is 5.56. The number of benzene rings is 2. The fourth-order valence-electron chi connectivity index (χ4n) is 3.04. The molecule has 1 aliphatic carbocycles. The van der Waals surface area contributed by atoms with Gasteiger partial charge in [-0.2, -0.15) is 4.68 Å². The van der Waals surface area contributed by atoms with Crippen molar-refractivity contribution in [3.05, 3.63) is 53.6 Å². The van der Waals surface area contributed by atoms with Gasteiger partial charge in [0.25, 0.3) is 0 Å². The lowest BCUT2D eigenvalue weighted by Gasteiger charge is -2.06. The van der Waals surface area contributed by atoms with E-state index in [4.69, 9.17) is 5.73 Å². The van der Waals surface area contributed by atoms with Crippen LogP contribution in [0, 0.1) is 0 Å². The van der Waals surface area contributed by atoms with Gasteiger partial charge in [0.1, 0.15) is 17.1 Å². The summed E-state index contributed by atoms with van der Waals surface area (Å²) in [5.41, 5.74) is 11.1. The van der Waals surface area contributed by atoms with Crippen molar-refractivity contribution in [3.63, 3.8) is 0 Å². The smallest absolute Gasteiger partial charge is 0.156 e. The van der Waals surface area contributed by atoms with Crippen molar-refractivity contribution in [2.75, 3.05) is 5.73 Å². The van der Waals surface area contributed by atoms with E-state index < -0.39 is 0 Å². The number of anilines is 1. The molecule has 0 aliphatic heterocycles. The van der Waals surface area contributed by atoms with E-state index in [9.17, 15) is 5.11 Å². The zero-order valence-corrected chi connectivity index (χ0v) is 12.0. The van der Waals surface area contributed by atoms with Crippen molar-refractivity contribution in [1.82, 2.24) is 15.0 Å². The van der Waals surface area contributed by atoms with Gasteiger partial charge < -0.3 is 10.8 Å². The third kappa shape index (κ3) is 1.94. The molecular formula is C17H16N4O. The Balaban J connectivity index is 1.80. The fourth-order valence-corrected chi connectivity index (χ4v) is 3.04. The predicted molar refractivity (Wildman–Crippen MR) is 84.9 cm³/mol. The Bertz CT molecular complexity index is 854. The van der Waals surface area contributed by atoms with Crippen molar-refractivity contribution in [1.29, 1.82) is 0 Å². The number of rotatable bonds is 2. The van der Waals surface area contributed by atoms with Crippen LogP contribution in [-0.2, 0) is 12.8 Å². The average Bonchev–Trinajstić information content (AvgIpc) is 3.13. The summed E-state index contributed by atoms with van der Waals surface area (Å²) in [6, 6.07) is 13.3. The first-order chi connectivity index (χ1) is 10.7. The summed E-state index contributed by atoms with van der Waals surface area (Å²) in [6.45, 7) is 0. The molecule has 3 N–H and O–H groups in total. The first-order valence-corrected chi connectivity index (χ1v) is 7.36. The summed E-state index contributed by atoms with van der Waals surface area (Å²) in [5.74, 6) is 0.555. The molecule has 0 unspecified atom stereocenters. The van der Waals surface area contributed by atoms with Gasteiger partial charge in [-0.15, -0.1) is 5.10 Å². The standard InChI is InChI=1S/C17H16N4O/c18-17-16(13-9-8-11-4-3-5-12(11)10-13)19-20-21(17)14-6-1-2-7-15(14)22/h1-2,6-10,22H,3-5,18H2. The van der Waals surface area contributed by atoms with Crippen LogP contribution < -0.4 is 5.73 Å². The summed E-state index contributed by atoms with van der Waals surface area (Å²) in [6.07, 6.45) is 3.46. The average molecular weight is 292 g/mol. The Morgan fingerprint density at radius 2 is 1.86 bits per heavy atom. The topological polar surface area (TPSA) is 77.0 Å². The van der Waals surface area contributed by atoms with Gasteiger partial charge in [0.15, 0.2) is 5.82 Å². The van der Waals surface area contributed by atoms with E-state index in [1.165, 1.54) is 22.2 Å². The highest BCUT2D eigenvalue weighted by Gasteiger charge is 2.17. The van der Waals surface area contributed by atoms with Gasteiger partial charge >= 0.3 is 0 Å². The van der Waals surface area contributed by atoms with E-state index in [0.29, 0.717) is 17.2 Å². The molecule has 4 rings (SSSR count). The lowest BCUT2D eigenvalue weighted by molar-refractivity contribution is 0.470. The second kappa shape index (κ2) is 4.87. The number of fused-ring (bicyclic) bond motifs is 1. The number of aromatic hydroxyl groups is 1. The number of phenolic OH excluding ortho intramolecular Hbond substituents is 1. The molecule has 0 saturated carbocycles. The third-order valence-corrected chi connectivity index (χ3v) is 4.19. The molecule has 2 aromatic carbocycles. The van der Waals surface area contributed by atoms with Crippen LogP contribution in [-0.4, -0.2) is 20.1 Å². The van der Waals surface area contributed by atoms with Gasteiger partial charge in [-0.3, -0.25) is 0 Å². The number of nitrogens with two attached hydrogens (primary N) is 1. The Morgan fingerprint density at radius 1 is 1.05 bits per heavy atom. The highest BCUT2D eigenvalue weighted by atomic mass is 16.3. The van der Waals surface area contributed by atoms with Crippen LogP contribution in [0.4, 0.5) is 5.82 Å². The summed E-state index contributed by atoms with van der Waals surface area (Å²) in [4.78, 5) is 0. The van der Waals surface area contributed by atoms with Crippen LogP contribution in [0.5, 0.6) is 5.75 Å². The number of phenols is 1. The molecule has 0 fully saturated rings. The number of aromatic nitrogens is 3. The number of para-hydroxylation sites is 2. The van der Waals surface area contributed by atoms with Crippen LogP contribution in [0.1, 0.15) is 17.5 Å². The number of nitrogen functional groups attached to an aromatic ring is 1. The zero-order valence-electron chi connectivity index (χ0n) is 12.0. The molecule has 1 aromatic heterocycles. The normalized spacial score (nSPS) is 13.3. The Hall–Kier alpha value is -2.82. The zero-order chi connectivity index (χ0) is 15.1. The van der Waals surface area contributed by atoms with Gasteiger partial charge in [0, 0.05) is 5.56 Å². The summed E-state index contributed by atoms with van der Waals surface area (Å²) in [7, 11) is 0. The van der Waals surface area contributed by atoms with Gasteiger partial charge in [-0.25, -0.2) is 0 Å². The highest BCUT2D eigenvalue weighted by molar-refractivity contribution is 5.72. The number of hydrogen-bond acceptors (Lipinski definition) is 4. The van der Waals surface area contributed by atoms with E-state index >= 15 is 0 Å². The van der Waals surface area contributed by atoms with E-state index in [1.54, 1.807) is 18.2 Å². The van der Waals surface area contributed by atoms with Crippen molar-refractivity contribution in [3.8, 4) is 22.7 Å². The maximum absolute atomic E-state index is 9.95. The van der Waals surface area contributed by atoms with Crippen LogP contribution in [0.25, 0.3) is 16.9 Å². The molecule has 1 heterocycles. The number of hydrogen-bond donors (Lipinski definition) is 2. The van der Waals surface area contributed by atoms with Crippen LogP contribution in [0.3, 0.4) is 0 Å². The minimum absolute atomic E-state index is 0.125. The number of aryl methyl sites for hydroxylation is 2. The van der Waals surface area contributed by atoms with E-state index in [1.807, 2.05) is 12.1 Å². The molecule has 5 nitrogen and oxygen atoms in total. The minimum atomic E-state index is 0.125. The lowest BCUT2D eigenvalue weighted by atomic mass is 10.0. The van der Waals surface area contributed by atoms with Crippen molar-refractivity contribution in [2.45, 2.75) is 19.3 Å². The van der Waals surface area contributed by atoms with Gasteiger partial charge in [-0.1, -0.05) is 29.5 Å². The first-order valence-electron chi connectivity index (χ1n) is 7.36. The van der Waals surface area contributed by atoms with E-state index in [-0.39, 0.29) is 5.75 Å². The van der Waals surface area contributed by atoms with Crippen LogP contribution >= 0.6 is 0 Å². The predicted octanol–water partition coefficient (Wildman–Crippen LogP) is 2.71.